The molecule has 0 unspecified atom stereocenters. The molecule has 2 aromatic rings. The first-order valence-corrected chi connectivity index (χ1v) is 11.6. The third kappa shape index (κ3) is 4.96. The summed E-state index contributed by atoms with van der Waals surface area (Å²) in [5.41, 5.74) is 3.09. The zero-order chi connectivity index (χ0) is 22.9. The van der Waals surface area contributed by atoms with Crippen LogP contribution >= 0.6 is 11.6 Å². The van der Waals surface area contributed by atoms with Gasteiger partial charge in [-0.25, -0.2) is 4.98 Å². The number of aromatic nitrogens is 3. The largest absolute Gasteiger partial charge is 0.396 e. The molecule has 2 atom stereocenters. The van der Waals surface area contributed by atoms with Gasteiger partial charge >= 0.3 is 0 Å². The van der Waals surface area contributed by atoms with Gasteiger partial charge in [-0.05, 0) is 37.2 Å². The van der Waals surface area contributed by atoms with Crippen LogP contribution in [0.5, 0.6) is 0 Å². The maximum absolute atomic E-state index is 12.9. The molecule has 4 rings (SSSR count). The lowest BCUT2D eigenvalue weighted by molar-refractivity contribution is -0.125. The minimum Gasteiger partial charge on any atom is -0.396 e. The monoisotopic (exact) mass is 459 g/mol. The predicted octanol–water partition coefficient (Wildman–Crippen LogP) is 3.18. The average molecular weight is 460 g/mol. The Kier molecular flexibility index (Phi) is 6.53. The van der Waals surface area contributed by atoms with Crippen molar-refractivity contribution >= 4 is 29.2 Å². The minimum absolute atomic E-state index is 0.0503. The standard InChI is InChI=1S/C23H30ClN5O3/c1-23(2)10-19-17(11-26-29(19)13-23)16-9-20(25-12-18(16)24)28-22(32)14-4-3-5-15(8-14)27-21(31)6-7-30/h9,11-12,14-15,30H,3-8,10,13H2,1-2H3,(H,27,31)(H,25,28,32)/t14-,15+/m0/s1. The van der Waals surface area contributed by atoms with E-state index in [4.69, 9.17) is 16.7 Å². The van der Waals surface area contributed by atoms with Crippen molar-refractivity contribution in [1.82, 2.24) is 20.1 Å². The Hall–Kier alpha value is -2.45. The Morgan fingerprint density at radius 2 is 2.09 bits per heavy atom. The fourth-order valence-electron chi connectivity index (χ4n) is 4.78. The fourth-order valence-corrected chi connectivity index (χ4v) is 4.98. The molecule has 3 N–H and O–H groups in total. The zero-order valence-electron chi connectivity index (χ0n) is 18.5. The van der Waals surface area contributed by atoms with E-state index in [1.807, 2.05) is 16.9 Å². The van der Waals surface area contributed by atoms with Crippen molar-refractivity contribution in [3.05, 3.63) is 29.2 Å². The summed E-state index contributed by atoms with van der Waals surface area (Å²) in [6.07, 6.45) is 7.44. The van der Waals surface area contributed by atoms with Crippen molar-refractivity contribution in [3.8, 4) is 11.1 Å². The quantitative estimate of drug-likeness (QED) is 0.614. The zero-order valence-corrected chi connectivity index (χ0v) is 19.3. The number of nitrogens with one attached hydrogen (secondary N) is 2. The van der Waals surface area contributed by atoms with Crippen LogP contribution in [-0.2, 0) is 22.6 Å². The Bertz CT molecular complexity index is 1020. The summed E-state index contributed by atoms with van der Waals surface area (Å²) in [4.78, 5) is 29.0. The Balaban J connectivity index is 1.46. The topological polar surface area (TPSA) is 109 Å². The molecule has 0 spiro atoms. The number of aliphatic hydroxyl groups is 1. The number of carbonyl (C=O) groups excluding carboxylic acids is 2. The van der Waals surface area contributed by atoms with Crippen LogP contribution < -0.4 is 10.6 Å². The van der Waals surface area contributed by atoms with Gasteiger partial charge in [-0.2, -0.15) is 5.10 Å². The maximum atomic E-state index is 12.9. The molecule has 32 heavy (non-hydrogen) atoms. The van der Waals surface area contributed by atoms with E-state index in [1.165, 1.54) is 0 Å². The van der Waals surface area contributed by atoms with Crippen LogP contribution in [0, 0.1) is 11.3 Å². The number of halogens is 1. The number of pyridine rings is 1. The molecule has 3 heterocycles. The second-order valence-corrected chi connectivity index (χ2v) is 10.1. The van der Waals surface area contributed by atoms with Gasteiger partial charge in [-0.3, -0.25) is 14.3 Å². The normalized spacial score (nSPS) is 21.8. The van der Waals surface area contributed by atoms with Crippen LogP contribution in [0.3, 0.4) is 0 Å². The van der Waals surface area contributed by atoms with Crippen LogP contribution in [0.25, 0.3) is 11.1 Å². The Morgan fingerprint density at radius 1 is 1.28 bits per heavy atom. The van der Waals surface area contributed by atoms with Gasteiger partial charge in [0.25, 0.3) is 0 Å². The number of fused-ring (bicyclic) bond motifs is 1. The van der Waals surface area contributed by atoms with Gasteiger partial charge in [0.1, 0.15) is 5.82 Å². The lowest BCUT2D eigenvalue weighted by atomic mass is 9.85. The molecule has 8 nitrogen and oxygen atoms in total. The molecule has 0 saturated heterocycles. The Labute approximate surface area is 192 Å². The van der Waals surface area contributed by atoms with Crippen molar-refractivity contribution in [3.63, 3.8) is 0 Å². The number of hydrogen-bond donors (Lipinski definition) is 3. The maximum Gasteiger partial charge on any atom is 0.228 e. The minimum atomic E-state index is -0.203. The second kappa shape index (κ2) is 9.19. The lowest BCUT2D eigenvalue weighted by Crippen LogP contribution is -2.41. The summed E-state index contributed by atoms with van der Waals surface area (Å²) in [6, 6.07) is 1.76. The van der Waals surface area contributed by atoms with Crippen LogP contribution in [0.15, 0.2) is 18.5 Å². The SMILES string of the molecule is CC1(C)Cc2c(-c3cc(NC(=O)[C@H]4CCC[C@@H](NC(=O)CCO)C4)ncc3Cl)cnn2C1. The molecule has 1 saturated carbocycles. The summed E-state index contributed by atoms with van der Waals surface area (Å²) < 4.78 is 2.03. The predicted molar refractivity (Wildman–Crippen MR) is 122 cm³/mol. The van der Waals surface area contributed by atoms with Gasteiger partial charge in [-0.1, -0.05) is 31.9 Å². The lowest BCUT2D eigenvalue weighted by Gasteiger charge is -2.29. The number of rotatable bonds is 6. The van der Waals surface area contributed by atoms with Crippen molar-refractivity contribution in [1.29, 1.82) is 0 Å². The second-order valence-electron chi connectivity index (χ2n) is 9.64. The first-order valence-electron chi connectivity index (χ1n) is 11.2. The van der Waals surface area contributed by atoms with Gasteiger partial charge in [0.15, 0.2) is 0 Å². The highest BCUT2D eigenvalue weighted by molar-refractivity contribution is 6.33. The highest BCUT2D eigenvalue weighted by atomic mass is 35.5. The first kappa shape index (κ1) is 22.7. The number of nitrogens with zero attached hydrogens (tertiary/aromatic N) is 3. The first-order chi connectivity index (χ1) is 15.3. The van der Waals surface area contributed by atoms with E-state index >= 15 is 0 Å². The van der Waals surface area contributed by atoms with Gasteiger partial charge in [0.05, 0.1) is 17.8 Å². The van der Waals surface area contributed by atoms with Gasteiger partial charge in [-0.15, -0.1) is 0 Å². The number of amides is 2. The third-order valence-electron chi connectivity index (χ3n) is 6.32. The van der Waals surface area contributed by atoms with E-state index in [9.17, 15) is 9.59 Å². The molecular weight excluding hydrogens is 430 g/mol. The summed E-state index contributed by atoms with van der Waals surface area (Å²) >= 11 is 6.47. The fraction of sp³-hybridized carbons (Fsp3) is 0.565. The van der Waals surface area contributed by atoms with Crippen molar-refractivity contribution in [2.24, 2.45) is 11.3 Å². The Morgan fingerprint density at radius 3 is 2.88 bits per heavy atom. The number of anilines is 1. The van der Waals surface area contributed by atoms with E-state index in [2.05, 4.69) is 34.6 Å². The molecule has 9 heteroatoms. The molecule has 172 valence electrons. The number of aliphatic hydroxyl groups excluding tert-OH is 1. The molecule has 2 aliphatic rings. The number of carbonyl (C=O) groups is 2. The highest BCUT2D eigenvalue weighted by Gasteiger charge is 2.32. The smallest absolute Gasteiger partial charge is 0.228 e. The van der Waals surface area contributed by atoms with E-state index in [-0.39, 0.29) is 42.2 Å². The van der Waals surface area contributed by atoms with E-state index in [0.717, 1.165) is 49.0 Å². The van der Waals surface area contributed by atoms with Gasteiger partial charge < -0.3 is 15.7 Å². The van der Waals surface area contributed by atoms with Crippen molar-refractivity contribution in [2.75, 3.05) is 11.9 Å². The average Bonchev–Trinajstić information content (AvgIpc) is 3.24. The number of hydrogen-bond acceptors (Lipinski definition) is 5. The molecule has 1 aliphatic heterocycles. The molecule has 0 bridgehead atoms. The highest BCUT2D eigenvalue weighted by Crippen LogP contribution is 2.39. The van der Waals surface area contributed by atoms with Crippen molar-refractivity contribution in [2.45, 2.75) is 65.0 Å². The molecule has 1 aliphatic carbocycles. The molecule has 0 radical (unpaired) electrons. The summed E-state index contributed by atoms with van der Waals surface area (Å²) in [6.45, 7) is 5.13. The van der Waals surface area contributed by atoms with Crippen molar-refractivity contribution < 1.29 is 14.7 Å². The van der Waals surface area contributed by atoms with Crippen LogP contribution in [0.4, 0.5) is 5.82 Å². The van der Waals surface area contributed by atoms with Gasteiger partial charge in [0, 0.05) is 47.9 Å². The van der Waals surface area contributed by atoms with Crippen LogP contribution in [0.1, 0.15) is 51.6 Å². The molecular formula is C23H30ClN5O3. The van der Waals surface area contributed by atoms with E-state index in [1.54, 1.807) is 6.20 Å². The van der Waals surface area contributed by atoms with Crippen LogP contribution in [-0.4, -0.2) is 44.3 Å². The summed E-state index contributed by atoms with van der Waals surface area (Å²) in [5.74, 6) is -0.0314. The van der Waals surface area contributed by atoms with Crippen LogP contribution in [0.2, 0.25) is 5.02 Å². The summed E-state index contributed by atoms with van der Waals surface area (Å²) in [5, 5.41) is 19.8. The third-order valence-corrected chi connectivity index (χ3v) is 6.62. The van der Waals surface area contributed by atoms with E-state index < -0.39 is 0 Å². The molecule has 2 amide bonds. The molecule has 0 aromatic carbocycles. The van der Waals surface area contributed by atoms with Gasteiger partial charge in [0.2, 0.25) is 11.8 Å². The summed E-state index contributed by atoms with van der Waals surface area (Å²) in [7, 11) is 0. The van der Waals surface area contributed by atoms with E-state index in [0.29, 0.717) is 17.3 Å². The molecule has 1 fully saturated rings. The molecule has 2 aromatic heterocycles.